The Kier molecular flexibility index (Phi) is 4.58. The maximum Gasteiger partial charge on any atom is 0.0544 e. The molecular formula is C16H27N3. The number of hydrogen-bond donors (Lipinski definition) is 1. The van der Waals surface area contributed by atoms with Gasteiger partial charge >= 0.3 is 0 Å². The van der Waals surface area contributed by atoms with Crippen LogP contribution in [0.2, 0.25) is 0 Å². The first-order valence-electron chi connectivity index (χ1n) is 7.38. The van der Waals surface area contributed by atoms with Gasteiger partial charge in [-0.15, -0.1) is 0 Å². The third kappa shape index (κ3) is 3.15. The zero-order valence-corrected chi connectivity index (χ0v) is 12.5. The van der Waals surface area contributed by atoms with Crippen LogP contribution < -0.4 is 5.73 Å². The summed E-state index contributed by atoms with van der Waals surface area (Å²) < 4.78 is 0. The van der Waals surface area contributed by atoms with Gasteiger partial charge in [-0.3, -0.25) is 9.88 Å². The summed E-state index contributed by atoms with van der Waals surface area (Å²) in [6, 6.07) is 6.11. The maximum atomic E-state index is 6.14. The van der Waals surface area contributed by atoms with E-state index in [0.29, 0.717) is 0 Å². The minimum absolute atomic E-state index is 0.156. The minimum atomic E-state index is 0.156. The first kappa shape index (κ1) is 14.5. The summed E-state index contributed by atoms with van der Waals surface area (Å²) >= 11 is 0. The summed E-state index contributed by atoms with van der Waals surface area (Å²) in [6.45, 7) is 6.36. The Labute approximate surface area is 117 Å². The van der Waals surface area contributed by atoms with Gasteiger partial charge in [-0.1, -0.05) is 19.9 Å². The molecule has 1 fully saturated rings. The highest BCUT2D eigenvalue weighted by molar-refractivity contribution is 5.05. The zero-order valence-electron chi connectivity index (χ0n) is 12.5. The van der Waals surface area contributed by atoms with Gasteiger partial charge < -0.3 is 5.73 Å². The Morgan fingerprint density at radius 2 is 2.16 bits per heavy atom. The van der Waals surface area contributed by atoms with Crippen molar-refractivity contribution < 1.29 is 0 Å². The average molecular weight is 261 g/mol. The molecule has 1 heterocycles. The Hall–Kier alpha value is -0.930. The normalized spacial score (nSPS) is 31.6. The molecule has 1 aliphatic rings. The van der Waals surface area contributed by atoms with Crippen LogP contribution in [0.3, 0.4) is 0 Å². The van der Waals surface area contributed by atoms with E-state index in [2.05, 4.69) is 42.9 Å². The highest BCUT2D eigenvalue weighted by atomic mass is 15.2. The Balaban J connectivity index is 2.08. The molecule has 2 N–H and O–H groups in total. The van der Waals surface area contributed by atoms with Gasteiger partial charge in [0.05, 0.1) is 5.69 Å². The summed E-state index contributed by atoms with van der Waals surface area (Å²) in [5.41, 5.74) is 7.42. The van der Waals surface area contributed by atoms with Gasteiger partial charge in [0.1, 0.15) is 0 Å². The molecule has 3 unspecified atom stereocenters. The van der Waals surface area contributed by atoms with Crippen molar-refractivity contribution >= 4 is 0 Å². The molecule has 3 atom stereocenters. The van der Waals surface area contributed by atoms with Gasteiger partial charge in [-0.05, 0) is 50.3 Å². The molecule has 1 aromatic rings. The predicted molar refractivity (Wildman–Crippen MR) is 79.7 cm³/mol. The highest BCUT2D eigenvalue weighted by Crippen LogP contribution is 2.39. The molecule has 3 heteroatoms. The number of likely N-dealkylation sites (N-methyl/N-ethyl adjacent to an activating group) is 1. The Morgan fingerprint density at radius 1 is 1.37 bits per heavy atom. The van der Waals surface area contributed by atoms with E-state index in [9.17, 15) is 0 Å². The van der Waals surface area contributed by atoms with Crippen LogP contribution in [0, 0.1) is 11.8 Å². The third-order valence-electron chi connectivity index (χ3n) is 5.05. The smallest absolute Gasteiger partial charge is 0.0544 e. The summed E-state index contributed by atoms with van der Waals surface area (Å²) in [7, 11) is 2.20. The predicted octanol–water partition coefficient (Wildman–Crippen LogP) is 2.67. The fourth-order valence-corrected chi connectivity index (χ4v) is 3.27. The van der Waals surface area contributed by atoms with Crippen LogP contribution in [0.1, 0.15) is 38.8 Å². The molecule has 0 amide bonds. The summed E-state index contributed by atoms with van der Waals surface area (Å²) in [5.74, 6) is 1.58. The van der Waals surface area contributed by atoms with E-state index in [1.54, 1.807) is 0 Å². The largest absolute Gasteiger partial charge is 0.329 e. The molecule has 1 saturated carbocycles. The van der Waals surface area contributed by atoms with Gasteiger partial charge in [-0.2, -0.15) is 0 Å². The zero-order chi connectivity index (χ0) is 13.9. The molecule has 0 radical (unpaired) electrons. The lowest BCUT2D eigenvalue weighted by atomic mass is 9.70. The number of nitrogens with zero attached hydrogens (tertiary/aromatic N) is 2. The first-order chi connectivity index (χ1) is 9.07. The third-order valence-corrected chi connectivity index (χ3v) is 5.05. The number of hydrogen-bond acceptors (Lipinski definition) is 3. The van der Waals surface area contributed by atoms with Gasteiger partial charge in [0, 0.05) is 24.8 Å². The molecule has 106 valence electrons. The summed E-state index contributed by atoms with van der Waals surface area (Å²) in [6.07, 6.45) is 5.56. The van der Waals surface area contributed by atoms with E-state index in [0.717, 1.165) is 30.6 Å². The lowest BCUT2D eigenvalue weighted by Gasteiger charge is -2.48. The van der Waals surface area contributed by atoms with E-state index in [-0.39, 0.29) is 5.54 Å². The molecule has 1 aliphatic carbocycles. The molecule has 0 spiro atoms. The lowest BCUT2D eigenvalue weighted by Crippen LogP contribution is -2.55. The molecule has 0 saturated heterocycles. The number of aromatic nitrogens is 1. The fourth-order valence-electron chi connectivity index (χ4n) is 3.27. The van der Waals surface area contributed by atoms with E-state index in [1.165, 1.54) is 19.3 Å². The van der Waals surface area contributed by atoms with Crippen LogP contribution in [0.4, 0.5) is 0 Å². The number of pyridine rings is 1. The molecular weight excluding hydrogens is 234 g/mol. The van der Waals surface area contributed by atoms with E-state index >= 15 is 0 Å². The van der Waals surface area contributed by atoms with Crippen LogP contribution in [0.25, 0.3) is 0 Å². The fraction of sp³-hybridized carbons (Fsp3) is 0.688. The van der Waals surface area contributed by atoms with Crippen molar-refractivity contribution in [1.82, 2.24) is 9.88 Å². The van der Waals surface area contributed by atoms with E-state index in [4.69, 9.17) is 5.73 Å². The van der Waals surface area contributed by atoms with Gasteiger partial charge in [0.15, 0.2) is 0 Å². The molecule has 3 nitrogen and oxygen atoms in total. The van der Waals surface area contributed by atoms with Crippen molar-refractivity contribution in [2.75, 3.05) is 13.6 Å². The van der Waals surface area contributed by atoms with Crippen molar-refractivity contribution in [1.29, 1.82) is 0 Å². The van der Waals surface area contributed by atoms with Gasteiger partial charge in [-0.25, -0.2) is 0 Å². The van der Waals surface area contributed by atoms with Gasteiger partial charge in [0.25, 0.3) is 0 Å². The molecule has 2 rings (SSSR count). The van der Waals surface area contributed by atoms with Gasteiger partial charge in [0.2, 0.25) is 0 Å². The highest BCUT2D eigenvalue weighted by Gasteiger charge is 2.39. The van der Waals surface area contributed by atoms with Crippen molar-refractivity contribution in [2.24, 2.45) is 17.6 Å². The van der Waals surface area contributed by atoms with Crippen LogP contribution in [0.5, 0.6) is 0 Å². The van der Waals surface area contributed by atoms with Crippen LogP contribution >= 0.6 is 0 Å². The molecule has 19 heavy (non-hydrogen) atoms. The summed E-state index contributed by atoms with van der Waals surface area (Å²) in [4.78, 5) is 6.86. The van der Waals surface area contributed by atoms with E-state index in [1.807, 2.05) is 12.3 Å². The first-order valence-corrected chi connectivity index (χ1v) is 7.38. The number of nitrogens with two attached hydrogens (primary N) is 1. The standard InChI is InChI=1S/C16H27N3/c1-13-7-8-16(12-17,10-14(13)2)19(3)11-15-6-4-5-9-18-15/h4-6,9,13-14H,7-8,10-12,17H2,1-3H3. The Morgan fingerprint density at radius 3 is 2.74 bits per heavy atom. The maximum absolute atomic E-state index is 6.14. The van der Waals surface area contributed by atoms with Crippen LogP contribution in [-0.4, -0.2) is 29.0 Å². The van der Waals surface area contributed by atoms with Crippen LogP contribution in [-0.2, 0) is 6.54 Å². The molecule has 1 aromatic heterocycles. The molecule has 0 aromatic carbocycles. The molecule has 0 bridgehead atoms. The van der Waals surface area contributed by atoms with Crippen molar-refractivity contribution in [2.45, 2.75) is 45.2 Å². The lowest BCUT2D eigenvalue weighted by molar-refractivity contribution is 0.0342. The quantitative estimate of drug-likeness (QED) is 0.906. The monoisotopic (exact) mass is 261 g/mol. The van der Waals surface area contributed by atoms with Crippen molar-refractivity contribution in [3.05, 3.63) is 30.1 Å². The van der Waals surface area contributed by atoms with E-state index < -0.39 is 0 Å². The second-order valence-electron chi connectivity index (χ2n) is 6.30. The second kappa shape index (κ2) is 6.02. The SMILES string of the molecule is CC1CCC(CN)(N(C)Cc2ccccn2)CC1C. The van der Waals surface area contributed by atoms with Crippen LogP contribution in [0.15, 0.2) is 24.4 Å². The minimum Gasteiger partial charge on any atom is -0.329 e. The van der Waals surface area contributed by atoms with Crippen molar-refractivity contribution in [3.8, 4) is 0 Å². The topological polar surface area (TPSA) is 42.1 Å². The average Bonchev–Trinajstić information content (AvgIpc) is 2.43. The number of rotatable bonds is 4. The second-order valence-corrected chi connectivity index (χ2v) is 6.30. The van der Waals surface area contributed by atoms with Crippen molar-refractivity contribution in [3.63, 3.8) is 0 Å². The Bertz CT molecular complexity index is 392. The summed E-state index contributed by atoms with van der Waals surface area (Å²) in [5, 5.41) is 0. The molecule has 0 aliphatic heterocycles.